The molecule has 1 fully saturated rings. The minimum absolute atomic E-state index is 0.0595. The van der Waals surface area contributed by atoms with Gasteiger partial charge in [-0.25, -0.2) is 5.48 Å². The maximum absolute atomic E-state index is 11.5. The second kappa shape index (κ2) is 5.63. The topological polar surface area (TPSA) is 47.6 Å². The Bertz CT molecular complexity index is 333. The molecule has 2 rings (SSSR count). The normalized spacial score (nSPS) is 19.6. The Morgan fingerprint density at radius 2 is 2.25 bits per heavy atom. The van der Waals surface area contributed by atoms with E-state index in [1.807, 2.05) is 30.3 Å². The lowest BCUT2D eigenvalue weighted by molar-refractivity contribution is -0.138. The van der Waals surface area contributed by atoms with E-state index in [-0.39, 0.29) is 11.8 Å². The summed E-state index contributed by atoms with van der Waals surface area (Å²) in [4.78, 5) is 16.7. The molecule has 4 heteroatoms. The molecule has 0 radical (unpaired) electrons. The minimum Gasteiger partial charge on any atom is -0.381 e. The lowest BCUT2D eigenvalue weighted by Crippen LogP contribution is -2.30. The average Bonchev–Trinajstić information content (AvgIpc) is 2.84. The summed E-state index contributed by atoms with van der Waals surface area (Å²) in [5, 5.41) is 0. The van der Waals surface area contributed by atoms with Gasteiger partial charge < -0.3 is 4.74 Å². The second-order valence-electron chi connectivity index (χ2n) is 3.80. The fraction of sp³-hybridized carbons (Fsp3) is 0.417. The smallest absolute Gasteiger partial charge is 0.249 e. The maximum atomic E-state index is 11.5. The number of carbonyl (C=O) groups is 1. The SMILES string of the molecule is O=C(NOCc1ccccc1)C1CCOC1. The highest BCUT2D eigenvalue weighted by Crippen LogP contribution is 2.12. The Morgan fingerprint density at radius 3 is 2.94 bits per heavy atom. The quantitative estimate of drug-likeness (QED) is 0.779. The Hall–Kier alpha value is -1.39. The zero-order valence-corrected chi connectivity index (χ0v) is 9.02. The van der Waals surface area contributed by atoms with E-state index in [2.05, 4.69) is 5.48 Å². The van der Waals surface area contributed by atoms with Gasteiger partial charge in [-0.1, -0.05) is 30.3 Å². The van der Waals surface area contributed by atoms with E-state index >= 15 is 0 Å². The van der Waals surface area contributed by atoms with Crippen LogP contribution in [0.5, 0.6) is 0 Å². The number of carbonyl (C=O) groups excluding carboxylic acids is 1. The van der Waals surface area contributed by atoms with Crippen LogP contribution in [-0.4, -0.2) is 19.1 Å². The van der Waals surface area contributed by atoms with Gasteiger partial charge in [0.15, 0.2) is 0 Å². The van der Waals surface area contributed by atoms with Gasteiger partial charge in [-0.2, -0.15) is 0 Å². The van der Waals surface area contributed by atoms with Crippen molar-refractivity contribution < 1.29 is 14.4 Å². The van der Waals surface area contributed by atoms with Crippen LogP contribution >= 0.6 is 0 Å². The summed E-state index contributed by atoms with van der Waals surface area (Å²) >= 11 is 0. The molecule has 1 heterocycles. The molecule has 1 N–H and O–H groups in total. The first-order chi connectivity index (χ1) is 7.86. The number of ether oxygens (including phenoxy) is 1. The first-order valence-corrected chi connectivity index (χ1v) is 5.39. The molecule has 1 aromatic carbocycles. The summed E-state index contributed by atoms with van der Waals surface area (Å²) in [6.07, 6.45) is 0.778. The standard InChI is InChI=1S/C12H15NO3/c14-12(11-6-7-15-9-11)13-16-8-10-4-2-1-3-5-10/h1-5,11H,6-9H2,(H,13,14). The predicted molar refractivity (Wildman–Crippen MR) is 58.3 cm³/mol. The van der Waals surface area contributed by atoms with Crippen LogP contribution < -0.4 is 5.48 Å². The Morgan fingerprint density at radius 1 is 1.44 bits per heavy atom. The van der Waals surface area contributed by atoms with E-state index in [0.717, 1.165) is 12.0 Å². The summed E-state index contributed by atoms with van der Waals surface area (Å²) in [6.45, 7) is 1.55. The molecule has 0 aromatic heterocycles. The molecule has 1 atom stereocenters. The van der Waals surface area contributed by atoms with Crippen LogP contribution in [0.15, 0.2) is 30.3 Å². The summed E-state index contributed by atoms with van der Waals surface area (Å²) in [5.41, 5.74) is 3.49. The molecule has 0 bridgehead atoms. The van der Waals surface area contributed by atoms with Crippen molar-refractivity contribution >= 4 is 5.91 Å². The lowest BCUT2D eigenvalue weighted by Gasteiger charge is -2.09. The third-order valence-electron chi connectivity index (χ3n) is 2.55. The summed E-state index contributed by atoms with van der Waals surface area (Å²) in [6, 6.07) is 9.71. The third-order valence-corrected chi connectivity index (χ3v) is 2.55. The van der Waals surface area contributed by atoms with Crippen molar-refractivity contribution in [2.75, 3.05) is 13.2 Å². The van der Waals surface area contributed by atoms with E-state index in [4.69, 9.17) is 9.57 Å². The average molecular weight is 221 g/mol. The number of rotatable bonds is 4. The van der Waals surface area contributed by atoms with Gasteiger partial charge in [0.2, 0.25) is 5.91 Å². The molecule has 4 nitrogen and oxygen atoms in total. The number of benzene rings is 1. The van der Waals surface area contributed by atoms with Gasteiger partial charge in [0, 0.05) is 6.61 Å². The van der Waals surface area contributed by atoms with Crippen molar-refractivity contribution in [2.24, 2.45) is 5.92 Å². The number of nitrogens with one attached hydrogen (secondary N) is 1. The molecular weight excluding hydrogens is 206 g/mol. The molecule has 1 amide bonds. The van der Waals surface area contributed by atoms with E-state index < -0.39 is 0 Å². The van der Waals surface area contributed by atoms with Crippen LogP contribution in [0.4, 0.5) is 0 Å². The van der Waals surface area contributed by atoms with Crippen LogP contribution in [0.3, 0.4) is 0 Å². The van der Waals surface area contributed by atoms with Crippen LogP contribution in [0.2, 0.25) is 0 Å². The van der Waals surface area contributed by atoms with Crippen LogP contribution in [0, 0.1) is 5.92 Å². The number of hydrogen-bond donors (Lipinski definition) is 1. The second-order valence-corrected chi connectivity index (χ2v) is 3.80. The van der Waals surface area contributed by atoms with E-state index in [1.165, 1.54) is 0 Å². The number of amides is 1. The van der Waals surface area contributed by atoms with Crippen molar-refractivity contribution in [3.8, 4) is 0 Å². The fourth-order valence-electron chi connectivity index (χ4n) is 1.59. The monoisotopic (exact) mass is 221 g/mol. The van der Waals surface area contributed by atoms with Gasteiger partial charge in [0.1, 0.15) is 0 Å². The fourth-order valence-corrected chi connectivity index (χ4v) is 1.59. The molecule has 1 aliphatic rings. The van der Waals surface area contributed by atoms with Crippen molar-refractivity contribution in [3.63, 3.8) is 0 Å². The molecule has 0 saturated carbocycles. The van der Waals surface area contributed by atoms with Crippen LogP contribution in [0.1, 0.15) is 12.0 Å². The van der Waals surface area contributed by atoms with E-state index in [1.54, 1.807) is 0 Å². The van der Waals surface area contributed by atoms with Gasteiger partial charge in [-0.3, -0.25) is 9.63 Å². The summed E-state index contributed by atoms with van der Waals surface area (Å²) < 4.78 is 5.13. The molecule has 0 spiro atoms. The van der Waals surface area contributed by atoms with E-state index in [0.29, 0.717) is 19.8 Å². The molecule has 1 unspecified atom stereocenters. The van der Waals surface area contributed by atoms with Gasteiger partial charge in [0.25, 0.3) is 0 Å². The van der Waals surface area contributed by atoms with Crippen molar-refractivity contribution in [1.82, 2.24) is 5.48 Å². The van der Waals surface area contributed by atoms with Gasteiger partial charge >= 0.3 is 0 Å². The highest BCUT2D eigenvalue weighted by Gasteiger charge is 2.23. The molecule has 1 aromatic rings. The highest BCUT2D eigenvalue weighted by molar-refractivity contribution is 5.77. The van der Waals surface area contributed by atoms with Crippen LogP contribution in [-0.2, 0) is 21.0 Å². The van der Waals surface area contributed by atoms with Crippen molar-refractivity contribution in [1.29, 1.82) is 0 Å². The first-order valence-electron chi connectivity index (χ1n) is 5.39. The molecule has 0 aliphatic carbocycles. The molecule has 16 heavy (non-hydrogen) atoms. The van der Waals surface area contributed by atoms with Crippen LogP contribution in [0.25, 0.3) is 0 Å². The highest BCUT2D eigenvalue weighted by atomic mass is 16.7. The lowest BCUT2D eigenvalue weighted by atomic mass is 10.1. The largest absolute Gasteiger partial charge is 0.381 e. The zero-order valence-electron chi connectivity index (χ0n) is 9.02. The Labute approximate surface area is 94.5 Å². The van der Waals surface area contributed by atoms with Gasteiger partial charge in [-0.15, -0.1) is 0 Å². The van der Waals surface area contributed by atoms with Gasteiger partial charge in [0.05, 0.1) is 19.1 Å². The number of hydrogen-bond acceptors (Lipinski definition) is 3. The van der Waals surface area contributed by atoms with Gasteiger partial charge in [-0.05, 0) is 12.0 Å². The Kier molecular flexibility index (Phi) is 3.91. The molecule has 1 aliphatic heterocycles. The van der Waals surface area contributed by atoms with Crippen molar-refractivity contribution in [2.45, 2.75) is 13.0 Å². The number of hydroxylamine groups is 1. The predicted octanol–water partition coefficient (Wildman–Crippen LogP) is 1.27. The molecule has 1 saturated heterocycles. The minimum atomic E-state index is -0.0894. The van der Waals surface area contributed by atoms with E-state index in [9.17, 15) is 4.79 Å². The summed E-state index contributed by atoms with van der Waals surface area (Å²) in [7, 11) is 0. The van der Waals surface area contributed by atoms with Crippen molar-refractivity contribution in [3.05, 3.63) is 35.9 Å². The first kappa shape index (κ1) is 11.1. The summed E-state index contributed by atoms with van der Waals surface area (Å²) in [5.74, 6) is -0.149. The Balaban J connectivity index is 1.70. The molecule has 86 valence electrons. The molecular formula is C12H15NO3. The third kappa shape index (κ3) is 3.05. The zero-order chi connectivity index (χ0) is 11.2. The maximum Gasteiger partial charge on any atom is 0.249 e.